The molecular weight excluding hydrogens is 552 g/mol. The van der Waals surface area contributed by atoms with Gasteiger partial charge >= 0.3 is 11.6 Å². The number of fused-ring (bicyclic) bond motifs is 2. The van der Waals surface area contributed by atoms with Crippen molar-refractivity contribution in [3.05, 3.63) is 70.1 Å². The van der Waals surface area contributed by atoms with Crippen LogP contribution in [0.2, 0.25) is 0 Å². The lowest BCUT2D eigenvalue weighted by atomic mass is 9.95. The van der Waals surface area contributed by atoms with Crippen molar-refractivity contribution >= 4 is 23.0 Å². The zero-order valence-electron chi connectivity index (χ0n) is 23.1. The van der Waals surface area contributed by atoms with Gasteiger partial charge in [0.25, 0.3) is 0 Å². The minimum absolute atomic E-state index is 0.0474. The fraction of sp³-hybridized carbons (Fsp3) is 0.400. The normalized spacial score (nSPS) is 25.8. The number of carbonyl (C=O) groups is 1. The summed E-state index contributed by atoms with van der Waals surface area (Å²) in [6.07, 6.45) is -4.87. The fourth-order valence-electron chi connectivity index (χ4n) is 4.90. The number of ether oxygens (including phenoxy) is 5. The van der Waals surface area contributed by atoms with Gasteiger partial charge in [-0.1, -0.05) is 6.07 Å². The van der Waals surface area contributed by atoms with Crippen LogP contribution in [-0.2, 0) is 25.4 Å². The monoisotopic (exact) mass is 584 g/mol. The second-order valence-electron chi connectivity index (χ2n) is 10.7. The third-order valence-corrected chi connectivity index (χ3v) is 7.35. The first-order valence-corrected chi connectivity index (χ1v) is 13.3. The number of hydrogen-bond donors (Lipinski definition) is 4. The minimum atomic E-state index is -1.64. The number of methoxy groups -OCH3 is 1. The van der Waals surface area contributed by atoms with Crippen LogP contribution in [0.25, 0.3) is 17.0 Å². The molecule has 2 aliphatic rings. The summed E-state index contributed by atoms with van der Waals surface area (Å²) in [7, 11) is 1.40. The largest absolute Gasteiger partial charge is 0.504 e. The molecule has 12 heteroatoms. The highest BCUT2D eigenvalue weighted by atomic mass is 16.7. The molecule has 12 nitrogen and oxygen atoms in total. The van der Waals surface area contributed by atoms with Crippen molar-refractivity contribution in [2.75, 3.05) is 13.7 Å². The Morgan fingerprint density at radius 3 is 2.62 bits per heavy atom. The number of phenolic OH excluding ortho intramolecular Hbond substituents is 1. The number of aliphatic hydroxyl groups is 3. The molecule has 0 radical (unpaired) electrons. The first kappa shape index (κ1) is 29.5. The van der Waals surface area contributed by atoms with Crippen LogP contribution in [-0.4, -0.2) is 82.5 Å². The van der Waals surface area contributed by atoms with Crippen molar-refractivity contribution in [2.45, 2.75) is 62.7 Å². The maximum atomic E-state index is 12.3. The molecule has 1 fully saturated rings. The van der Waals surface area contributed by atoms with Crippen LogP contribution < -0.4 is 15.1 Å². The highest BCUT2D eigenvalue weighted by Crippen LogP contribution is 2.38. The Labute approximate surface area is 240 Å². The number of aliphatic hydroxyl groups excluding tert-OH is 3. The molecule has 2 aliphatic heterocycles. The van der Waals surface area contributed by atoms with Crippen molar-refractivity contribution in [1.82, 2.24) is 0 Å². The predicted molar refractivity (Wildman–Crippen MR) is 147 cm³/mol. The highest BCUT2D eigenvalue weighted by Gasteiger charge is 2.48. The summed E-state index contributed by atoms with van der Waals surface area (Å²) in [5.74, 6) is -0.0347. The van der Waals surface area contributed by atoms with Crippen molar-refractivity contribution in [2.24, 2.45) is 0 Å². The SMILES string of the molecule is COc1cc(/C=C/C(=O)OC[C@H]2O[C@@H](OC(C)(C)C3Cc4cc5ccc(=O)oc5cc4O3)[C@H](O)[C@@H](O)[C@@H]2O)ccc1O. The molecule has 3 aromatic rings. The molecule has 2 aromatic carbocycles. The third-order valence-electron chi connectivity index (χ3n) is 7.35. The smallest absolute Gasteiger partial charge is 0.336 e. The van der Waals surface area contributed by atoms with E-state index in [1.165, 1.54) is 31.4 Å². The van der Waals surface area contributed by atoms with Crippen molar-refractivity contribution in [3.8, 4) is 17.2 Å². The molecule has 4 N–H and O–H groups in total. The molecule has 0 spiro atoms. The van der Waals surface area contributed by atoms with E-state index in [1.54, 1.807) is 32.0 Å². The number of benzene rings is 2. The maximum absolute atomic E-state index is 12.3. The molecular formula is C30H32O12. The standard InChI is InChI=1S/C30H32O12/c1-30(2,23-12-17-11-16-6-9-25(33)40-19(16)13-20(17)39-23)42-29-28(36)27(35)26(34)22(41-29)14-38-24(32)8-5-15-4-7-18(31)21(10-15)37-3/h4-11,13,22-23,26-29,31,34-36H,12,14H2,1-3H3/b8-5+/t22-,23?,26-,27+,28-,29+/m1/s1. The Morgan fingerprint density at radius 1 is 1.07 bits per heavy atom. The lowest BCUT2D eigenvalue weighted by Crippen LogP contribution is -2.61. The molecule has 1 unspecified atom stereocenters. The van der Waals surface area contributed by atoms with E-state index in [0.29, 0.717) is 23.3 Å². The summed E-state index contributed by atoms with van der Waals surface area (Å²) in [6, 6.07) is 11.0. The quantitative estimate of drug-likeness (QED) is 0.172. The van der Waals surface area contributed by atoms with Crippen LogP contribution in [0.5, 0.6) is 17.2 Å². The van der Waals surface area contributed by atoms with Gasteiger partial charge in [-0.3, -0.25) is 0 Å². The Hall–Kier alpha value is -3.94. The average Bonchev–Trinajstić information content (AvgIpc) is 3.39. The van der Waals surface area contributed by atoms with E-state index in [1.807, 2.05) is 6.07 Å². The Bertz CT molecular complexity index is 1540. The van der Waals surface area contributed by atoms with Gasteiger partial charge in [0.2, 0.25) is 0 Å². The molecule has 224 valence electrons. The molecule has 5 rings (SSSR count). The van der Waals surface area contributed by atoms with Crippen molar-refractivity contribution < 1.29 is 53.3 Å². The van der Waals surface area contributed by atoms with Crippen LogP contribution in [0.4, 0.5) is 0 Å². The summed E-state index contributed by atoms with van der Waals surface area (Å²) in [6.45, 7) is 3.03. The van der Waals surface area contributed by atoms with E-state index in [2.05, 4.69) is 0 Å². The Balaban J connectivity index is 1.21. The number of phenols is 1. The van der Waals surface area contributed by atoms with E-state index < -0.39 is 60.6 Å². The fourth-order valence-corrected chi connectivity index (χ4v) is 4.90. The summed E-state index contributed by atoms with van der Waals surface area (Å²) in [4.78, 5) is 23.9. The molecule has 6 atom stereocenters. The van der Waals surface area contributed by atoms with E-state index >= 15 is 0 Å². The van der Waals surface area contributed by atoms with Crippen LogP contribution in [0.15, 0.2) is 57.8 Å². The van der Waals surface area contributed by atoms with Gasteiger partial charge in [0.05, 0.1) is 7.11 Å². The molecule has 1 aromatic heterocycles. The number of esters is 1. The van der Waals surface area contributed by atoms with E-state index in [0.717, 1.165) is 17.0 Å². The second kappa shape index (κ2) is 11.7. The summed E-state index contributed by atoms with van der Waals surface area (Å²) in [5.41, 5.74) is 0.299. The van der Waals surface area contributed by atoms with Gasteiger partial charge in [-0.2, -0.15) is 0 Å². The molecule has 3 heterocycles. The third kappa shape index (κ3) is 6.13. The van der Waals surface area contributed by atoms with Crippen LogP contribution >= 0.6 is 0 Å². The Kier molecular flexibility index (Phi) is 8.26. The number of aromatic hydroxyl groups is 1. The molecule has 0 aliphatic carbocycles. The first-order valence-electron chi connectivity index (χ1n) is 13.3. The lowest BCUT2D eigenvalue weighted by molar-refractivity contribution is -0.329. The zero-order chi connectivity index (χ0) is 30.2. The first-order chi connectivity index (χ1) is 19.9. The number of rotatable bonds is 8. The van der Waals surface area contributed by atoms with E-state index in [9.17, 15) is 30.0 Å². The average molecular weight is 585 g/mol. The predicted octanol–water partition coefficient (Wildman–Crippen LogP) is 1.67. The molecule has 1 saturated heterocycles. The van der Waals surface area contributed by atoms with Crippen LogP contribution in [0.3, 0.4) is 0 Å². The summed E-state index contributed by atoms with van der Waals surface area (Å²) >= 11 is 0. The minimum Gasteiger partial charge on any atom is -0.504 e. The van der Waals surface area contributed by atoms with E-state index in [-0.39, 0.29) is 11.5 Å². The molecule has 0 saturated carbocycles. The highest BCUT2D eigenvalue weighted by molar-refractivity contribution is 5.87. The van der Waals surface area contributed by atoms with Crippen molar-refractivity contribution in [3.63, 3.8) is 0 Å². The number of carbonyl (C=O) groups excluding carboxylic acids is 1. The van der Waals surface area contributed by atoms with Gasteiger partial charge in [0.1, 0.15) is 54.1 Å². The molecule has 0 amide bonds. The van der Waals surface area contributed by atoms with E-state index in [4.69, 9.17) is 28.1 Å². The van der Waals surface area contributed by atoms with Crippen LogP contribution in [0, 0.1) is 0 Å². The topological polar surface area (TPSA) is 174 Å². The van der Waals surface area contributed by atoms with Gasteiger partial charge in [0.15, 0.2) is 17.8 Å². The van der Waals surface area contributed by atoms with Gasteiger partial charge < -0.3 is 48.5 Å². The van der Waals surface area contributed by atoms with Crippen molar-refractivity contribution in [1.29, 1.82) is 0 Å². The zero-order valence-corrected chi connectivity index (χ0v) is 23.1. The molecule has 0 bridgehead atoms. The van der Waals surface area contributed by atoms with Crippen LogP contribution in [0.1, 0.15) is 25.0 Å². The Morgan fingerprint density at radius 2 is 1.86 bits per heavy atom. The maximum Gasteiger partial charge on any atom is 0.336 e. The summed E-state index contributed by atoms with van der Waals surface area (Å²) < 4.78 is 33.4. The van der Waals surface area contributed by atoms with Gasteiger partial charge in [-0.05, 0) is 55.3 Å². The second-order valence-corrected chi connectivity index (χ2v) is 10.7. The van der Waals surface area contributed by atoms with Gasteiger partial charge in [-0.15, -0.1) is 0 Å². The number of hydrogen-bond acceptors (Lipinski definition) is 12. The lowest BCUT2D eigenvalue weighted by Gasteiger charge is -2.43. The van der Waals surface area contributed by atoms with Gasteiger partial charge in [-0.25, -0.2) is 9.59 Å². The van der Waals surface area contributed by atoms with Gasteiger partial charge in [0, 0.05) is 30.0 Å². The molecule has 42 heavy (non-hydrogen) atoms. The summed E-state index contributed by atoms with van der Waals surface area (Å²) in [5, 5.41) is 42.0.